The number of rotatable bonds is 11. The lowest BCUT2D eigenvalue weighted by atomic mass is 9.57. The predicted molar refractivity (Wildman–Crippen MR) is 131 cm³/mol. The molecule has 0 radical (unpaired) electrons. The molecule has 3 rings (SSSR count). The molecule has 9 heteroatoms. The molecule has 1 saturated carbocycles. The molecule has 35 heavy (non-hydrogen) atoms. The average molecular weight is 507 g/mol. The summed E-state index contributed by atoms with van der Waals surface area (Å²) in [5.41, 5.74) is 1.39. The largest absolute Gasteiger partial charge is 0.481 e. The minimum Gasteiger partial charge on any atom is -0.481 e. The average Bonchev–Trinajstić information content (AvgIpc) is 3.26. The lowest BCUT2D eigenvalue weighted by molar-refractivity contribution is -0.137. The monoisotopic (exact) mass is 506 g/mol. The summed E-state index contributed by atoms with van der Waals surface area (Å²) < 4.78 is 35.3. The van der Waals surface area contributed by atoms with Gasteiger partial charge in [0.2, 0.25) is 5.89 Å². The Morgan fingerprint density at radius 3 is 2.43 bits per heavy atom. The first kappa shape index (κ1) is 27.3. The normalized spacial score (nSPS) is 17.3. The molecule has 0 saturated heterocycles. The Morgan fingerprint density at radius 1 is 1.17 bits per heavy atom. The third-order valence-electron chi connectivity index (χ3n) is 7.52. The Labute approximate surface area is 208 Å². The van der Waals surface area contributed by atoms with E-state index in [0.29, 0.717) is 6.42 Å². The van der Waals surface area contributed by atoms with Crippen LogP contribution in [0.15, 0.2) is 33.7 Å². The van der Waals surface area contributed by atoms with Crippen LogP contribution in [0.1, 0.15) is 102 Å². The standard InChI is InChI=1S/C26H38N2O6S/c1-19-10-12-21(13-11-19)35(31,32)33-18-22-27-24(34-28-22)20(17-23(29)30)9-8-16-26(25(2,3)4)14-6-5-7-15-26/h10-13,20H,5-9,14-18H2,1-4H3,(H,29,30). The van der Waals surface area contributed by atoms with Crippen molar-refractivity contribution >= 4 is 16.1 Å². The second kappa shape index (κ2) is 11.2. The summed E-state index contributed by atoms with van der Waals surface area (Å²) in [6.45, 7) is 8.41. The summed E-state index contributed by atoms with van der Waals surface area (Å²) in [4.78, 5) is 15.8. The van der Waals surface area contributed by atoms with E-state index < -0.39 is 22.0 Å². The van der Waals surface area contributed by atoms with Gasteiger partial charge < -0.3 is 9.63 Å². The zero-order chi connectivity index (χ0) is 25.7. The fourth-order valence-electron chi connectivity index (χ4n) is 5.21. The van der Waals surface area contributed by atoms with E-state index in [0.717, 1.165) is 18.4 Å². The minimum atomic E-state index is -3.97. The van der Waals surface area contributed by atoms with Gasteiger partial charge in [-0.25, -0.2) is 0 Å². The van der Waals surface area contributed by atoms with E-state index in [9.17, 15) is 18.3 Å². The van der Waals surface area contributed by atoms with E-state index in [1.54, 1.807) is 12.1 Å². The number of aliphatic carboxylic acids is 1. The number of aryl methyl sites for hydroxylation is 1. The van der Waals surface area contributed by atoms with Gasteiger partial charge >= 0.3 is 5.97 Å². The number of benzene rings is 1. The van der Waals surface area contributed by atoms with Crippen molar-refractivity contribution in [2.75, 3.05) is 0 Å². The number of nitrogens with zero attached hydrogens (tertiary/aromatic N) is 2. The Kier molecular flexibility index (Phi) is 8.75. The van der Waals surface area contributed by atoms with Crippen LogP contribution in [0.25, 0.3) is 0 Å². The first-order valence-corrected chi connectivity index (χ1v) is 13.8. The van der Waals surface area contributed by atoms with Gasteiger partial charge in [-0.3, -0.25) is 8.98 Å². The van der Waals surface area contributed by atoms with E-state index in [4.69, 9.17) is 8.71 Å². The first-order chi connectivity index (χ1) is 16.4. The van der Waals surface area contributed by atoms with Gasteiger partial charge in [0, 0.05) is 5.92 Å². The van der Waals surface area contributed by atoms with E-state index in [2.05, 4.69) is 30.9 Å². The highest BCUT2D eigenvalue weighted by molar-refractivity contribution is 7.86. The van der Waals surface area contributed by atoms with Crippen molar-refractivity contribution < 1.29 is 27.0 Å². The smallest absolute Gasteiger partial charge is 0.304 e. The van der Waals surface area contributed by atoms with Crippen molar-refractivity contribution in [2.45, 2.75) is 103 Å². The molecular weight excluding hydrogens is 468 g/mol. The van der Waals surface area contributed by atoms with Crippen molar-refractivity contribution in [3.05, 3.63) is 41.5 Å². The number of carboxylic acid groups (broad SMARTS) is 1. The highest BCUT2D eigenvalue weighted by Crippen LogP contribution is 2.53. The van der Waals surface area contributed by atoms with Crippen LogP contribution in [0.3, 0.4) is 0 Å². The topological polar surface area (TPSA) is 120 Å². The van der Waals surface area contributed by atoms with Gasteiger partial charge in [-0.2, -0.15) is 13.4 Å². The Balaban J connectivity index is 1.64. The van der Waals surface area contributed by atoms with Crippen LogP contribution in [0, 0.1) is 17.8 Å². The molecule has 0 spiro atoms. The van der Waals surface area contributed by atoms with Gasteiger partial charge in [-0.15, -0.1) is 0 Å². The fraction of sp³-hybridized carbons (Fsp3) is 0.654. The van der Waals surface area contributed by atoms with Gasteiger partial charge in [0.1, 0.15) is 6.61 Å². The maximum atomic E-state index is 12.4. The van der Waals surface area contributed by atoms with Crippen molar-refractivity contribution in [2.24, 2.45) is 10.8 Å². The minimum absolute atomic E-state index is 0.0473. The lowest BCUT2D eigenvalue weighted by Crippen LogP contribution is -2.37. The summed E-state index contributed by atoms with van der Waals surface area (Å²) in [5.74, 6) is -1.07. The maximum Gasteiger partial charge on any atom is 0.304 e. The van der Waals surface area contributed by atoms with Crippen molar-refractivity contribution in [1.82, 2.24) is 10.1 Å². The van der Waals surface area contributed by atoms with E-state index in [1.807, 2.05) is 6.92 Å². The molecule has 2 aromatic rings. The van der Waals surface area contributed by atoms with E-state index in [1.165, 1.54) is 44.2 Å². The molecule has 1 heterocycles. The van der Waals surface area contributed by atoms with Crippen LogP contribution in [0.4, 0.5) is 0 Å². The Hall–Kier alpha value is -2.26. The zero-order valence-electron chi connectivity index (χ0n) is 21.2. The van der Waals surface area contributed by atoms with E-state index in [-0.39, 0.29) is 40.5 Å². The van der Waals surface area contributed by atoms with Crippen molar-refractivity contribution in [3.8, 4) is 0 Å². The number of hydrogen-bond acceptors (Lipinski definition) is 7. The molecule has 0 aliphatic heterocycles. The molecule has 0 amide bonds. The molecule has 1 aromatic heterocycles. The van der Waals surface area contributed by atoms with Crippen LogP contribution in [-0.2, 0) is 25.7 Å². The highest BCUT2D eigenvalue weighted by atomic mass is 32.2. The quantitative estimate of drug-likeness (QED) is 0.368. The van der Waals surface area contributed by atoms with Crippen LogP contribution >= 0.6 is 0 Å². The molecular formula is C26H38N2O6S. The molecule has 8 nitrogen and oxygen atoms in total. The molecule has 1 N–H and O–H groups in total. The van der Waals surface area contributed by atoms with Crippen LogP contribution in [-0.4, -0.2) is 29.6 Å². The summed E-state index contributed by atoms with van der Waals surface area (Å²) in [5, 5.41) is 13.3. The predicted octanol–water partition coefficient (Wildman–Crippen LogP) is 6.01. The van der Waals surface area contributed by atoms with Gasteiger partial charge in [0.15, 0.2) is 5.82 Å². The molecule has 1 atom stereocenters. The number of carbonyl (C=O) groups is 1. The molecule has 194 valence electrons. The van der Waals surface area contributed by atoms with Crippen molar-refractivity contribution in [1.29, 1.82) is 0 Å². The number of carboxylic acids is 1. The van der Waals surface area contributed by atoms with E-state index >= 15 is 0 Å². The summed E-state index contributed by atoms with van der Waals surface area (Å²) in [6, 6.07) is 6.34. The summed E-state index contributed by atoms with van der Waals surface area (Å²) in [7, 11) is -3.97. The van der Waals surface area contributed by atoms with Gasteiger partial charge in [0.05, 0.1) is 11.3 Å². The molecule has 1 unspecified atom stereocenters. The highest BCUT2D eigenvalue weighted by Gasteiger charge is 2.42. The molecule has 1 aliphatic rings. The third-order valence-corrected chi connectivity index (χ3v) is 8.79. The zero-order valence-corrected chi connectivity index (χ0v) is 22.1. The summed E-state index contributed by atoms with van der Waals surface area (Å²) >= 11 is 0. The molecule has 1 aromatic carbocycles. The van der Waals surface area contributed by atoms with Gasteiger partial charge in [-0.05, 0) is 55.6 Å². The van der Waals surface area contributed by atoms with Crippen LogP contribution < -0.4 is 0 Å². The molecule has 1 aliphatic carbocycles. The second-order valence-corrected chi connectivity index (χ2v) is 12.5. The first-order valence-electron chi connectivity index (χ1n) is 12.4. The van der Waals surface area contributed by atoms with Crippen molar-refractivity contribution in [3.63, 3.8) is 0 Å². The van der Waals surface area contributed by atoms with Gasteiger partial charge in [-0.1, -0.05) is 69.3 Å². The number of hydrogen-bond donors (Lipinski definition) is 1. The third kappa shape index (κ3) is 7.13. The van der Waals surface area contributed by atoms with Crippen LogP contribution in [0.5, 0.6) is 0 Å². The maximum absolute atomic E-state index is 12.4. The lowest BCUT2D eigenvalue weighted by Gasteiger charge is -2.48. The van der Waals surface area contributed by atoms with Crippen LogP contribution in [0.2, 0.25) is 0 Å². The fourth-order valence-corrected chi connectivity index (χ4v) is 6.08. The summed E-state index contributed by atoms with van der Waals surface area (Å²) in [6.07, 6.45) is 8.58. The molecule has 0 bridgehead atoms. The van der Waals surface area contributed by atoms with Gasteiger partial charge in [0.25, 0.3) is 10.1 Å². The Morgan fingerprint density at radius 2 is 1.83 bits per heavy atom. The second-order valence-electron chi connectivity index (χ2n) is 10.9. The number of aromatic nitrogens is 2. The SMILES string of the molecule is Cc1ccc(S(=O)(=O)OCc2noc(C(CCCC3(C(C)(C)C)CCCCC3)CC(=O)O)n2)cc1. The molecule has 1 fully saturated rings. The Bertz CT molecular complexity index is 1080.